The molecule has 1 amide bonds. The van der Waals surface area contributed by atoms with E-state index in [0.29, 0.717) is 23.8 Å². The predicted molar refractivity (Wildman–Crippen MR) is 124 cm³/mol. The number of likely N-dealkylation sites (N-methyl/N-ethyl adjacent to an activating group) is 1. The summed E-state index contributed by atoms with van der Waals surface area (Å²) in [6, 6.07) is 9.20. The molecule has 0 fully saturated rings. The Kier molecular flexibility index (Phi) is 8.37. The second kappa shape index (κ2) is 11.4. The summed E-state index contributed by atoms with van der Waals surface area (Å²) < 4.78 is 11.3. The number of amides is 1. The molecular weight excluding hydrogens is 412 g/mol. The summed E-state index contributed by atoms with van der Waals surface area (Å²) in [5, 5.41) is 5.70. The zero-order valence-corrected chi connectivity index (χ0v) is 18.9. The molecule has 3 aromatic rings. The van der Waals surface area contributed by atoms with E-state index in [9.17, 15) is 4.79 Å². The van der Waals surface area contributed by atoms with E-state index in [1.165, 1.54) is 11.3 Å². The molecule has 2 aromatic heterocycles. The number of methoxy groups -OCH3 is 1. The van der Waals surface area contributed by atoms with E-state index in [1.807, 2.05) is 17.5 Å². The quantitative estimate of drug-likeness (QED) is 0.483. The summed E-state index contributed by atoms with van der Waals surface area (Å²) in [7, 11) is 1.60. The molecule has 0 unspecified atom stereocenters. The van der Waals surface area contributed by atoms with Crippen LogP contribution >= 0.6 is 11.3 Å². The smallest absolute Gasteiger partial charge is 0.230 e. The van der Waals surface area contributed by atoms with Gasteiger partial charge in [0.1, 0.15) is 11.6 Å². The number of ether oxygens (including phenoxy) is 2. The molecule has 7 nitrogen and oxygen atoms in total. The lowest BCUT2D eigenvalue weighted by Crippen LogP contribution is -2.28. The highest BCUT2D eigenvalue weighted by molar-refractivity contribution is 7.13. The average Bonchev–Trinajstić information content (AvgIpc) is 3.26. The summed E-state index contributed by atoms with van der Waals surface area (Å²) in [5.41, 5.74) is 2.39. The summed E-state index contributed by atoms with van der Waals surface area (Å²) >= 11 is 1.51. The number of hydrogen-bond acceptors (Lipinski definition) is 7. The van der Waals surface area contributed by atoms with Gasteiger partial charge in [-0.1, -0.05) is 13.8 Å². The van der Waals surface area contributed by atoms with Crippen molar-refractivity contribution in [1.82, 2.24) is 14.9 Å². The van der Waals surface area contributed by atoms with E-state index < -0.39 is 0 Å². The van der Waals surface area contributed by atoms with Gasteiger partial charge in [0.15, 0.2) is 11.5 Å². The number of anilines is 1. The lowest BCUT2D eigenvalue weighted by atomic mass is 10.2. The fourth-order valence-electron chi connectivity index (χ4n) is 3.08. The molecule has 164 valence electrons. The molecule has 0 aliphatic rings. The summed E-state index contributed by atoms with van der Waals surface area (Å²) in [4.78, 5) is 23.4. The minimum absolute atomic E-state index is 0.133. The van der Waals surface area contributed by atoms with Crippen LogP contribution in [0.4, 0.5) is 5.69 Å². The van der Waals surface area contributed by atoms with E-state index in [2.05, 4.69) is 34.0 Å². The van der Waals surface area contributed by atoms with Crippen molar-refractivity contribution in [1.29, 1.82) is 0 Å². The number of rotatable bonds is 11. The van der Waals surface area contributed by atoms with Gasteiger partial charge in [-0.15, -0.1) is 11.3 Å². The highest BCUT2D eigenvalue weighted by Crippen LogP contribution is 2.30. The van der Waals surface area contributed by atoms with Crippen LogP contribution in [0.3, 0.4) is 0 Å². The SMILES string of the molecule is CCN(CC)CCOc1cc(NC(=O)Cc2csc(-c3ccncc3)n2)ccc1OC. The van der Waals surface area contributed by atoms with Crippen LogP contribution in [-0.2, 0) is 11.2 Å². The number of nitrogens with zero attached hydrogens (tertiary/aromatic N) is 3. The van der Waals surface area contributed by atoms with Gasteiger partial charge in [-0.25, -0.2) is 4.98 Å². The Balaban J connectivity index is 1.60. The Morgan fingerprint density at radius 3 is 2.61 bits per heavy atom. The number of aromatic nitrogens is 2. The Hall–Kier alpha value is -2.97. The van der Waals surface area contributed by atoms with Crippen LogP contribution in [0.5, 0.6) is 11.5 Å². The van der Waals surface area contributed by atoms with Gasteiger partial charge in [-0.2, -0.15) is 0 Å². The predicted octanol–water partition coefficient (Wildman–Crippen LogP) is 4.12. The topological polar surface area (TPSA) is 76.6 Å². The van der Waals surface area contributed by atoms with Gasteiger partial charge >= 0.3 is 0 Å². The Morgan fingerprint density at radius 2 is 1.90 bits per heavy atom. The summed E-state index contributed by atoms with van der Waals surface area (Å²) in [5.74, 6) is 1.12. The maximum atomic E-state index is 12.5. The van der Waals surface area contributed by atoms with E-state index in [4.69, 9.17) is 9.47 Å². The molecule has 1 aromatic carbocycles. The average molecular weight is 441 g/mol. The van der Waals surface area contributed by atoms with E-state index in [0.717, 1.165) is 35.9 Å². The molecule has 31 heavy (non-hydrogen) atoms. The normalized spacial score (nSPS) is 10.8. The molecule has 8 heteroatoms. The van der Waals surface area contributed by atoms with Crippen LogP contribution in [-0.4, -0.2) is 54.1 Å². The van der Waals surface area contributed by atoms with Crippen molar-refractivity contribution < 1.29 is 14.3 Å². The number of thiazole rings is 1. The molecule has 2 heterocycles. The molecule has 1 N–H and O–H groups in total. The molecule has 0 bridgehead atoms. The first-order valence-electron chi connectivity index (χ1n) is 10.3. The van der Waals surface area contributed by atoms with E-state index >= 15 is 0 Å². The zero-order chi connectivity index (χ0) is 22.1. The molecule has 0 saturated heterocycles. The van der Waals surface area contributed by atoms with Crippen molar-refractivity contribution >= 4 is 22.9 Å². The molecule has 0 radical (unpaired) electrons. The maximum Gasteiger partial charge on any atom is 0.230 e. The second-order valence-corrected chi connectivity index (χ2v) is 7.70. The van der Waals surface area contributed by atoms with Crippen molar-refractivity contribution in [3.05, 3.63) is 53.8 Å². The van der Waals surface area contributed by atoms with Crippen LogP contribution in [0.15, 0.2) is 48.1 Å². The van der Waals surface area contributed by atoms with Gasteiger partial charge in [0.05, 0.1) is 19.2 Å². The minimum atomic E-state index is -0.133. The highest BCUT2D eigenvalue weighted by atomic mass is 32.1. The van der Waals surface area contributed by atoms with Crippen molar-refractivity contribution in [3.8, 4) is 22.1 Å². The third-order valence-electron chi connectivity index (χ3n) is 4.83. The van der Waals surface area contributed by atoms with Gasteiger partial charge in [-0.05, 0) is 37.4 Å². The fraction of sp³-hybridized carbons (Fsp3) is 0.348. The van der Waals surface area contributed by atoms with Crippen LogP contribution in [0.25, 0.3) is 10.6 Å². The highest BCUT2D eigenvalue weighted by Gasteiger charge is 2.12. The molecule has 0 aliphatic carbocycles. The Morgan fingerprint density at radius 1 is 1.13 bits per heavy atom. The third kappa shape index (κ3) is 6.50. The number of hydrogen-bond donors (Lipinski definition) is 1. The lowest BCUT2D eigenvalue weighted by molar-refractivity contribution is -0.115. The van der Waals surface area contributed by atoms with Crippen molar-refractivity contribution in [2.24, 2.45) is 0 Å². The molecule has 0 spiro atoms. The Labute approximate surface area is 187 Å². The van der Waals surface area contributed by atoms with Gasteiger partial charge in [-0.3, -0.25) is 9.78 Å². The second-order valence-electron chi connectivity index (χ2n) is 6.85. The monoisotopic (exact) mass is 440 g/mol. The zero-order valence-electron chi connectivity index (χ0n) is 18.1. The van der Waals surface area contributed by atoms with Crippen LogP contribution in [0, 0.1) is 0 Å². The largest absolute Gasteiger partial charge is 0.493 e. The summed E-state index contributed by atoms with van der Waals surface area (Å²) in [6.45, 7) is 7.59. The lowest BCUT2D eigenvalue weighted by Gasteiger charge is -2.19. The first kappa shape index (κ1) is 22.7. The first-order valence-corrected chi connectivity index (χ1v) is 11.2. The van der Waals surface area contributed by atoms with Gasteiger partial charge in [0, 0.05) is 41.6 Å². The molecule has 3 rings (SSSR count). The molecular formula is C23H28N4O3S. The van der Waals surface area contributed by atoms with Gasteiger partial charge in [0.2, 0.25) is 5.91 Å². The standard InChI is InChI=1S/C23H28N4O3S/c1-4-27(5-2)12-13-30-21-14-18(6-7-20(21)29-3)25-22(28)15-19-16-31-23(26-19)17-8-10-24-11-9-17/h6-11,14,16H,4-5,12-13,15H2,1-3H3,(H,25,28). The minimum Gasteiger partial charge on any atom is -0.493 e. The number of pyridine rings is 1. The van der Waals surface area contributed by atoms with E-state index in [1.54, 1.807) is 37.7 Å². The van der Waals surface area contributed by atoms with Crippen LogP contribution < -0.4 is 14.8 Å². The summed E-state index contributed by atoms with van der Waals surface area (Å²) in [6.07, 6.45) is 3.66. The number of nitrogens with one attached hydrogen (secondary N) is 1. The van der Waals surface area contributed by atoms with Crippen molar-refractivity contribution in [2.75, 3.05) is 38.7 Å². The van der Waals surface area contributed by atoms with Crippen LogP contribution in [0.1, 0.15) is 19.5 Å². The maximum absolute atomic E-state index is 12.5. The molecule has 0 saturated carbocycles. The third-order valence-corrected chi connectivity index (χ3v) is 5.77. The van der Waals surface area contributed by atoms with E-state index in [-0.39, 0.29) is 12.3 Å². The molecule has 0 aliphatic heterocycles. The van der Waals surface area contributed by atoms with Crippen molar-refractivity contribution in [3.63, 3.8) is 0 Å². The molecule has 0 atom stereocenters. The number of benzene rings is 1. The Bertz CT molecular complexity index is 974. The number of carbonyl (C=O) groups is 1. The van der Waals surface area contributed by atoms with Crippen molar-refractivity contribution in [2.45, 2.75) is 20.3 Å². The first-order chi connectivity index (χ1) is 15.1. The van der Waals surface area contributed by atoms with Crippen LogP contribution in [0.2, 0.25) is 0 Å². The fourth-order valence-corrected chi connectivity index (χ4v) is 3.90. The number of carbonyl (C=O) groups excluding carboxylic acids is 1. The van der Waals surface area contributed by atoms with Gasteiger partial charge < -0.3 is 19.7 Å². The van der Waals surface area contributed by atoms with Gasteiger partial charge in [0.25, 0.3) is 0 Å².